The molecule has 2 rings (SSSR count). The Morgan fingerprint density at radius 1 is 1.17 bits per heavy atom. The highest BCUT2D eigenvalue weighted by Crippen LogP contribution is 2.34. The predicted molar refractivity (Wildman–Crippen MR) is 52.2 cm³/mol. The number of nitrogens with zero attached hydrogens (tertiary/aromatic N) is 1. The lowest BCUT2D eigenvalue weighted by Crippen LogP contribution is -2.48. The monoisotopic (exact) mass is 167 g/mol. The minimum atomic E-state index is 0.591. The SMILES string of the molecule is CC1(C)CCCN(C2CCC2)C1. The zero-order chi connectivity index (χ0) is 8.60. The maximum atomic E-state index is 2.73. The lowest BCUT2D eigenvalue weighted by Gasteiger charge is -2.45. The molecule has 0 N–H and O–H groups in total. The summed E-state index contributed by atoms with van der Waals surface area (Å²) >= 11 is 0. The number of hydrogen-bond donors (Lipinski definition) is 0. The maximum absolute atomic E-state index is 2.73. The maximum Gasteiger partial charge on any atom is 0.00955 e. The fraction of sp³-hybridized carbons (Fsp3) is 1.00. The van der Waals surface area contributed by atoms with Gasteiger partial charge < -0.3 is 0 Å². The van der Waals surface area contributed by atoms with Crippen LogP contribution in [0.15, 0.2) is 0 Å². The summed E-state index contributed by atoms with van der Waals surface area (Å²) in [7, 11) is 0. The van der Waals surface area contributed by atoms with Crippen molar-refractivity contribution >= 4 is 0 Å². The minimum absolute atomic E-state index is 0.591. The second kappa shape index (κ2) is 3.02. The number of hydrogen-bond acceptors (Lipinski definition) is 1. The molecule has 1 aliphatic heterocycles. The van der Waals surface area contributed by atoms with Crippen molar-refractivity contribution in [1.82, 2.24) is 4.90 Å². The van der Waals surface area contributed by atoms with Gasteiger partial charge in [-0.2, -0.15) is 0 Å². The highest BCUT2D eigenvalue weighted by atomic mass is 15.2. The van der Waals surface area contributed by atoms with Crippen molar-refractivity contribution in [2.24, 2.45) is 5.41 Å². The second-order valence-corrected chi connectivity index (χ2v) is 5.32. The van der Waals surface area contributed by atoms with Crippen LogP contribution in [0.5, 0.6) is 0 Å². The van der Waals surface area contributed by atoms with Crippen LogP contribution in [-0.4, -0.2) is 24.0 Å². The van der Waals surface area contributed by atoms with E-state index in [1.165, 1.54) is 45.2 Å². The summed E-state index contributed by atoms with van der Waals surface area (Å²) in [4.78, 5) is 2.73. The van der Waals surface area contributed by atoms with E-state index in [4.69, 9.17) is 0 Å². The third-order valence-corrected chi connectivity index (χ3v) is 3.52. The van der Waals surface area contributed by atoms with Crippen LogP contribution in [0.1, 0.15) is 46.0 Å². The van der Waals surface area contributed by atoms with E-state index in [2.05, 4.69) is 18.7 Å². The lowest BCUT2D eigenvalue weighted by atomic mass is 9.81. The van der Waals surface area contributed by atoms with E-state index < -0.39 is 0 Å². The van der Waals surface area contributed by atoms with Gasteiger partial charge in [0.1, 0.15) is 0 Å². The summed E-state index contributed by atoms with van der Waals surface area (Å²) in [6.45, 7) is 7.54. The first kappa shape index (κ1) is 8.55. The normalized spacial score (nSPS) is 31.5. The van der Waals surface area contributed by atoms with E-state index in [-0.39, 0.29) is 0 Å². The molecular formula is C11H21N. The molecule has 1 nitrogen and oxygen atoms in total. The standard InChI is InChI=1S/C11H21N/c1-11(2)7-4-8-12(9-11)10-5-3-6-10/h10H,3-9H2,1-2H3. The van der Waals surface area contributed by atoms with Gasteiger partial charge in [-0.05, 0) is 37.6 Å². The highest BCUT2D eigenvalue weighted by Gasteiger charge is 2.32. The van der Waals surface area contributed by atoms with Gasteiger partial charge in [0.25, 0.3) is 0 Å². The average molecular weight is 167 g/mol. The summed E-state index contributed by atoms with van der Waals surface area (Å²) in [6.07, 6.45) is 7.26. The first-order chi connectivity index (χ1) is 5.67. The third kappa shape index (κ3) is 1.66. The lowest BCUT2D eigenvalue weighted by molar-refractivity contribution is 0.0444. The van der Waals surface area contributed by atoms with Gasteiger partial charge in [0.05, 0.1) is 0 Å². The molecule has 2 aliphatic rings. The molecule has 0 amide bonds. The number of piperidine rings is 1. The fourth-order valence-corrected chi connectivity index (χ4v) is 2.53. The summed E-state index contributed by atoms with van der Waals surface area (Å²) in [5.74, 6) is 0. The Hall–Kier alpha value is -0.0400. The Balaban J connectivity index is 1.89. The van der Waals surface area contributed by atoms with Crippen LogP contribution in [0.25, 0.3) is 0 Å². The molecule has 12 heavy (non-hydrogen) atoms. The average Bonchev–Trinajstić information content (AvgIpc) is 1.80. The van der Waals surface area contributed by atoms with Gasteiger partial charge in [0, 0.05) is 12.6 Å². The van der Waals surface area contributed by atoms with Crippen molar-refractivity contribution in [3.63, 3.8) is 0 Å². The Kier molecular flexibility index (Phi) is 2.16. The first-order valence-electron chi connectivity index (χ1n) is 5.41. The largest absolute Gasteiger partial charge is 0.300 e. The quantitative estimate of drug-likeness (QED) is 0.580. The van der Waals surface area contributed by atoms with Gasteiger partial charge in [0.15, 0.2) is 0 Å². The van der Waals surface area contributed by atoms with Crippen molar-refractivity contribution in [2.45, 2.75) is 52.0 Å². The fourth-order valence-electron chi connectivity index (χ4n) is 2.53. The van der Waals surface area contributed by atoms with Crippen LogP contribution in [0.4, 0.5) is 0 Å². The number of rotatable bonds is 1. The van der Waals surface area contributed by atoms with Crippen molar-refractivity contribution in [3.05, 3.63) is 0 Å². The van der Waals surface area contributed by atoms with Gasteiger partial charge in [-0.25, -0.2) is 0 Å². The van der Waals surface area contributed by atoms with E-state index in [0.717, 1.165) is 6.04 Å². The molecule has 2 fully saturated rings. The summed E-state index contributed by atoms with van der Waals surface area (Å²) in [6, 6.07) is 0.963. The molecule has 1 heteroatoms. The molecule has 0 spiro atoms. The van der Waals surface area contributed by atoms with E-state index in [1.807, 2.05) is 0 Å². The van der Waals surface area contributed by atoms with Crippen molar-refractivity contribution < 1.29 is 0 Å². The second-order valence-electron chi connectivity index (χ2n) is 5.32. The molecule has 0 aromatic heterocycles. The molecule has 1 saturated carbocycles. The molecule has 0 unspecified atom stereocenters. The van der Waals surface area contributed by atoms with Crippen molar-refractivity contribution in [1.29, 1.82) is 0 Å². The Morgan fingerprint density at radius 3 is 2.42 bits per heavy atom. The minimum Gasteiger partial charge on any atom is -0.300 e. The highest BCUT2D eigenvalue weighted by molar-refractivity contribution is 4.87. The van der Waals surface area contributed by atoms with Crippen molar-refractivity contribution in [3.8, 4) is 0 Å². The van der Waals surface area contributed by atoms with Crippen LogP contribution in [0.2, 0.25) is 0 Å². The molecular weight excluding hydrogens is 146 g/mol. The van der Waals surface area contributed by atoms with Crippen LogP contribution in [-0.2, 0) is 0 Å². The van der Waals surface area contributed by atoms with Crippen LogP contribution >= 0.6 is 0 Å². The third-order valence-electron chi connectivity index (χ3n) is 3.52. The Morgan fingerprint density at radius 2 is 1.92 bits per heavy atom. The van der Waals surface area contributed by atoms with Crippen LogP contribution in [0.3, 0.4) is 0 Å². The molecule has 1 aliphatic carbocycles. The molecule has 70 valence electrons. The van der Waals surface area contributed by atoms with Crippen LogP contribution in [0, 0.1) is 5.41 Å². The smallest absolute Gasteiger partial charge is 0.00955 e. The first-order valence-corrected chi connectivity index (χ1v) is 5.41. The van der Waals surface area contributed by atoms with Gasteiger partial charge in [-0.1, -0.05) is 20.3 Å². The zero-order valence-electron chi connectivity index (χ0n) is 8.47. The van der Waals surface area contributed by atoms with E-state index >= 15 is 0 Å². The molecule has 0 aromatic rings. The molecule has 0 bridgehead atoms. The van der Waals surface area contributed by atoms with E-state index in [0.29, 0.717) is 5.41 Å². The zero-order valence-corrected chi connectivity index (χ0v) is 8.47. The van der Waals surface area contributed by atoms with Gasteiger partial charge in [0.2, 0.25) is 0 Å². The molecule has 0 atom stereocenters. The number of likely N-dealkylation sites (tertiary alicyclic amines) is 1. The van der Waals surface area contributed by atoms with E-state index in [1.54, 1.807) is 0 Å². The summed E-state index contributed by atoms with van der Waals surface area (Å²) in [5, 5.41) is 0. The molecule has 0 aromatic carbocycles. The summed E-state index contributed by atoms with van der Waals surface area (Å²) < 4.78 is 0. The predicted octanol–water partition coefficient (Wildman–Crippen LogP) is 2.66. The molecule has 1 heterocycles. The van der Waals surface area contributed by atoms with Crippen LogP contribution < -0.4 is 0 Å². The molecule has 1 saturated heterocycles. The van der Waals surface area contributed by atoms with Gasteiger partial charge in [-0.3, -0.25) is 4.90 Å². The Bertz CT molecular complexity index is 158. The Labute approximate surface area is 76.1 Å². The van der Waals surface area contributed by atoms with Crippen molar-refractivity contribution in [2.75, 3.05) is 13.1 Å². The van der Waals surface area contributed by atoms with E-state index in [9.17, 15) is 0 Å². The van der Waals surface area contributed by atoms with Gasteiger partial charge in [-0.15, -0.1) is 0 Å². The van der Waals surface area contributed by atoms with Gasteiger partial charge >= 0.3 is 0 Å². The topological polar surface area (TPSA) is 3.24 Å². The molecule has 0 radical (unpaired) electrons. The summed E-state index contributed by atoms with van der Waals surface area (Å²) in [5.41, 5.74) is 0.591.